The molecule has 0 aliphatic rings. The third-order valence-electron chi connectivity index (χ3n) is 2.26. The molecule has 4 heteroatoms. The summed E-state index contributed by atoms with van der Waals surface area (Å²) in [6, 6.07) is 9.36. The van der Waals surface area contributed by atoms with Gasteiger partial charge in [0.2, 0.25) is 0 Å². The van der Waals surface area contributed by atoms with Gasteiger partial charge in [0.05, 0.1) is 12.8 Å². The smallest absolute Gasteiger partial charge is 0.293 e. The third kappa shape index (κ3) is 2.52. The number of aromatic amines is 1. The van der Waals surface area contributed by atoms with Gasteiger partial charge in [0.25, 0.3) is 0 Å². The van der Waals surface area contributed by atoms with Crippen LogP contribution < -0.4 is 4.57 Å². The summed E-state index contributed by atoms with van der Waals surface area (Å²) in [5.74, 6) is 0.610. The SMILES string of the molecule is C[n+]1cc[nH]c1SCC(=O)c1ccccc1. The van der Waals surface area contributed by atoms with Gasteiger partial charge in [-0.15, -0.1) is 0 Å². The highest BCUT2D eigenvalue weighted by molar-refractivity contribution is 7.99. The second kappa shape index (κ2) is 4.99. The lowest BCUT2D eigenvalue weighted by molar-refractivity contribution is -0.708. The normalized spacial score (nSPS) is 10.3. The van der Waals surface area contributed by atoms with Crippen LogP contribution in [-0.2, 0) is 7.05 Å². The van der Waals surface area contributed by atoms with Gasteiger partial charge < -0.3 is 0 Å². The Bertz CT molecular complexity index is 479. The molecule has 0 saturated heterocycles. The average molecular weight is 233 g/mol. The number of Topliss-reactive ketones (excluding diaryl/α,β-unsaturated/α-hetero) is 1. The van der Waals surface area contributed by atoms with E-state index in [2.05, 4.69) is 4.98 Å². The molecule has 0 unspecified atom stereocenters. The number of carbonyl (C=O) groups excluding carboxylic acids is 1. The third-order valence-corrected chi connectivity index (χ3v) is 3.35. The number of H-pyrrole nitrogens is 1. The maximum Gasteiger partial charge on any atom is 0.315 e. The first-order valence-corrected chi connectivity index (χ1v) is 6.00. The van der Waals surface area contributed by atoms with Crippen LogP contribution in [0.15, 0.2) is 47.9 Å². The van der Waals surface area contributed by atoms with E-state index >= 15 is 0 Å². The molecular formula is C12H13N2OS+. The summed E-state index contributed by atoms with van der Waals surface area (Å²) in [6.07, 6.45) is 3.78. The number of hydrogen-bond donors (Lipinski definition) is 1. The van der Waals surface area contributed by atoms with Crippen molar-refractivity contribution < 1.29 is 9.36 Å². The molecule has 0 spiro atoms. The average Bonchev–Trinajstić information content (AvgIpc) is 2.73. The topological polar surface area (TPSA) is 36.7 Å². The predicted molar refractivity (Wildman–Crippen MR) is 63.5 cm³/mol. The Hall–Kier alpha value is -1.55. The lowest BCUT2D eigenvalue weighted by Gasteiger charge is -1.97. The lowest BCUT2D eigenvalue weighted by Crippen LogP contribution is -2.27. The number of nitrogens with one attached hydrogen (secondary N) is 1. The van der Waals surface area contributed by atoms with E-state index in [-0.39, 0.29) is 5.78 Å². The number of carbonyl (C=O) groups is 1. The van der Waals surface area contributed by atoms with E-state index in [1.165, 1.54) is 11.8 Å². The van der Waals surface area contributed by atoms with Crippen molar-refractivity contribution in [1.82, 2.24) is 4.98 Å². The van der Waals surface area contributed by atoms with Crippen molar-refractivity contribution in [3.05, 3.63) is 48.3 Å². The van der Waals surface area contributed by atoms with Crippen molar-refractivity contribution in [2.45, 2.75) is 5.16 Å². The fourth-order valence-electron chi connectivity index (χ4n) is 1.37. The first-order valence-electron chi connectivity index (χ1n) is 5.01. The van der Waals surface area contributed by atoms with Gasteiger partial charge in [-0.1, -0.05) is 30.3 Å². The Kier molecular flexibility index (Phi) is 3.41. The summed E-state index contributed by atoms with van der Waals surface area (Å²) in [5.41, 5.74) is 0.768. The minimum Gasteiger partial charge on any atom is -0.293 e. The minimum atomic E-state index is 0.153. The largest absolute Gasteiger partial charge is 0.315 e. The fraction of sp³-hybridized carbons (Fsp3) is 0.167. The second-order valence-electron chi connectivity index (χ2n) is 3.45. The molecule has 0 bridgehead atoms. The highest BCUT2D eigenvalue weighted by Crippen LogP contribution is 2.12. The van der Waals surface area contributed by atoms with E-state index in [4.69, 9.17) is 0 Å². The Labute approximate surface area is 98.5 Å². The van der Waals surface area contributed by atoms with Gasteiger partial charge in [0, 0.05) is 5.56 Å². The number of aryl methyl sites for hydroxylation is 1. The molecule has 1 N–H and O–H groups in total. The van der Waals surface area contributed by atoms with E-state index in [0.717, 1.165) is 10.7 Å². The van der Waals surface area contributed by atoms with E-state index in [9.17, 15) is 4.79 Å². The van der Waals surface area contributed by atoms with E-state index in [0.29, 0.717) is 5.75 Å². The zero-order chi connectivity index (χ0) is 11.4. The van der Waals surface area contributed by atoms with Gasteiger partial charge in [-0.05, 0) is 11.8 Å². The molecular weight excluding hydrogens is 220 g/mol. The number of imidazole rings is 1. The summed E-state index contributed by atoms with van der Waals surface area (Å²) in [7, 11) is 1.95. The highest BCUT2D eigenvalue weighted by Gasteiger charge is 2.11. The van der Waals surface area contributed by atoms with E-state index < -0.39 is 0 Å². The zero-order valence-corrected chi connectivity index (χ0v) is 9.83. The van der Waals surface area contributed by atoms with Gasteiger partial charge in [-0.25, -0.2) is 9.55 Å². The van der Waals surface area contributed by atoms with Gasteiger partial charge in [-0.2, -0.15) is 0 Å². The standard InChI is InChI=1S/C12H12N2OS/c1-14-8-7-13-12(14)16-9-11(15)10-5-3-2-4-6-10/h2-8H,9H2,1H3/p+1. The van der Waals surface area contributed by atoms with Crippen LogP contribution in [-0.4, -0.2) is 16.5 Å². The van der Waals surface area contributed by atoms with Crippen LogP contribution in [0.2, 0.25) is 0 Å². The Morgan fingerprint density at radius 1 is 1.38 bits per heavy atom. The quantitative estimate of drug-likeness (QED) is 0.497. The molecule has 2 rings (SSSR count). The number of nitrogens with zero attached hydrogens (tertiary/aromatic N) is 1. The van der Waals surface area contributed by atoms with Crippen molar-refractivity contribution in [3.8, 4) is 0 Å². The van der Waals surface area contributed by atoms with Gasteiger partial charge in [-0.3, -0.25) is 4.79 Å². The van der Waals surface area contributed by atoms with E-state index in [1.54, 1.807) is 0 Å². The predicted octanol–water partition coefficient (Wildman–Crippen LogP) is 1.81. The van der Waals surface area contributed by atoms with Gasteiger partial charge in [0.15, 0.2) is 5.78 Å². The Morgan fingerprint density at radius 3 is 2.75 bits per heavy atom. The van der Waals surface area contributed by atoms with Crippen LogP contribution in [0, 0.1) is 0 Å². The molecule has 0 atom stereocenters. The summed E-state index contributed by atoms with van der Waals surface area (Å²) in [6.45, 7) is 0. The molecule has 0 amide bonds. The minimum absolute atomic E-state index is 0.153. The second-order valence-corrected chi connectivity index (χ2v) is 4.42. The molecule has 2 aromatic rings. The van der Waals surface area contributed by atoms with Crippen molar-refractivity contribution in [2.24, 2.45) is 7.05 Å². The van der Waals surface area contributed by atoms with Crippen LogP contribution in [0.5, 0.6) is 0 Å². The van der Waals surface area contributed by atoms with E-state index in [1.807, 2.05) is 54.3 Å². The Balaban J connectivity index is 1.97. The first-order chi connectivity index (χ1) is 7.77. The molecule has 0 saturated carbocycles. The van der Waals surface area contributed by atoms with Crippen LogP contribution in [0.3, 0.4) is 0 Å². The summed E-state index contributed by atoms with van der Waals surface area (Å²) in [5, 5.41) is 0.990. The monoisotopic (exact) mass is 233 g/mol. The number of ketones is 1. The van der Waals surface area contributed by atoms with Gasteiger partial charge in [0.1, 0.15) is 12.4 Å². The van der Waals surface area contributed by atoms with Crippen LogP contribution in [0.25, 0.3) is 0 Å². The summed E-state index contributed by atoms with van der Waals surface area (Å²) >= 11 is 1.51. The number of aromatic nitrogens is 2. The molecule has 0 aliphatic carbocycles. The highest BCUT2D eigenvalue weighted by atomic mass is 32.2. The number of thioether (sulfide) groups is 1. The summed E-state index contributed by atoms with van der Waals surface area (Å²) in [4.78, 5) is 14.9. The molecule has 1 aromatic heterocycles. The van der Waals surface area contributed by atoms with Crippen LogP contribution in [0.1, 0.15) is 10.4 Å². The molecule has 0 radical (unpaired) electrons. The zero-order valence-electron chi connectivity index (χ0n) is 9.01. The maximum absolute atomic E-state index is 11.8. The fourth-order valence-corrected chi connectivity index (χ4v) is 2.22. The molecule has 1 aromatic carbocycles. The Morgan fingerprint density at radius 2 is 2.12 bits per heavy atom. The number of benzene rings is 1. The van der Waals surface area contributed by atoms with Crippen molar-refractivity contribution >= 4 is 17.5 Å². The number of rotatable bonds is 4. The van der Waals surface area contributed by atoms with Crippen molar-refractivity contribution in [1.29, 1.82) is 0 Å². The van der Waals surface area contributed by atoms with Crippen molar-refractivity contribution in [3.63, 3.8) is 0 Å². The lowest BCUT2D eigenvalue weighted by atomic mass is 10.2. The molecule has 1 heterocycles. The maximum atomic E-state index is 11.8. The molecule has 16 heavy (non-hydrogen) atoms. The molecule has 82 valence electrons. The summed E-state index contributed by atoms with van der Waals surface area (Å²) < 4.78 is 1.96. The van der Waals surface area contributed by atoms with Gasteiger partial charge >= 0.3 is 5.16 Å². The first kappa shape index (κ1) is 11.0. The van der Waals surface area contributed by atoms with Crippen LogP contribution in [0.4, 0.5) is 0 Å². The van der Waals surface area contributed by atoms with Crippen LogP contribution >= 0.6 is 11.8 Å². The molecule has 0 aliphatic heterocycles. The molecule has 3 nitrogen and oxygen atoms in total. The molecule has 0 fully saturated rings. The van der Waals surface area contributed by atoms with Crippen molar-refractivity contribution in [2.75, 3.05) is 5.75 Å². The number of hydrogen-bond acceptors (Lipinski definition) is 2.